The molecule has 2 unspecified atom stereocenters. The maximum Gasteiger partial charge on any atom is 0.314 e. The summed E-state index contributed by atoms with van der Waals surface area (Å²) >= 11 is 0. The van der Waals surface area contributed by atoms with Crippen LogP contribution >= 0.6 is 0 Å². The number of carbonyl (C=O) groups is 2. The molecule has 0 fully saturated rings. The minimum atomic E-state index is -1.31. The highest BCUT2D eigenvalue weighted by Gasteiger charge is 2.01. The Kier molecular flexibility index (Phi) is 8.31. The van der Waals surface area contributed by atoms with Gasteiger partial charge in [0.05, 0.1) is 12.2 Å². The Balaban J connectivity index is 0. The fraction of sp³-hybridized carbons (Fsp3) is 0.714. The molecule has 0 amide bonds. The van der Waals surface area contributed by atoms with Gasteiger partial charge in [-0.25, -0.2) is 0 Å². The summed E-state index contributed by atoms with van der Waals surface area (Å²) in [5.74, 6) is -2.62. The maximum absolute atomic E-state index is 9.43. The number of carboxylic acids is 2. The first kappa shape index (κ1) is 14.4. The van der Waals surface area contributed by atoms with E-state index >= 15 is 0 Å². The Hall–Kier alpha value is -1.14. The molecule has 0 aliphatic heterocycles. The molecule has 6 nitrogen and oxygen atoms in total. The molecular formula is C7H14O6. The first-order chi connectivity index (χ1) is 5.77. The summed E-state index contributed by atoms with van der Waals surface area (Å²) in [5.41, 5.74) is 0. The first-order valence-electron chi connectivity index (χ1n) is 3.57. The predicted octanol–water partition coefficient (Wildman–Crippen LogP) is -0.706. The van der Waals surface area contributed by atoms with Crippen LogP contribution in [0, 0.1) is 0 Å². The van der Waals surface area contributed by atoms with E-state index in [1.54, 1.807) is 13.8 Å². The van der Waals surface area contributed by atoms with Crippen LogP contribution in [0.4, 0.5) is 0 Å². The summed E-state index contributed by atoms with van der Waals surface area (Å²) in [6, 6.07) is 0. The molecule has 0 aromatic heterocycles. The Labute approximate surface area is 75.4 Å². The van der Waals surface area contributed by atoms with Gasteiger partial charge in [-0.3, -0.25) is 9.59 Å². The quantitative estimate of drug-likeness (QED) is 0.441. The van der Waals surface area contributed by atoms with Crippen LogP contribution in [0.3, 0.4) is 0 Å². The minimum Gasteiger partial charge on any atom is -0.481 e. The zero-order valence-electron chi connectivity index (χ0n) is 7.47. The summed E-state index contributed by atoms with van der Waals surface area (Å²) in [6.45, 7) is 3.09. The highest BCUT2D eigenvalue weighted by molar-refractivity contribution is 5.88. The van der Waals surface area contributed by atoms with Crippen molar-refractivity contribution in [2.45, 2.75) is 32.5 Å². The van der Waals surface area contributed by atoms with Crippen molar-refractivity contribution in [3.8, 4) is 0 Å². The number of aliphatic hydroxyl groups excluding tert-OH is 2. The van der Waals surface area contributed by atoms with Crippen molar-refractivity contribution in [3.05, 3.63) is 0 Å². The van der Waals surface area contributed by atoms with Gasteiger partial charge in [0.15, 0.2) is 0 Å². The number of aliphatic hydroxyl groups is 2. The van der Waals surface area contributed by atoms with Crippen molar-refractivity contribution in [1.29, 1.82) is 0 Å². The first-order valence-corrected chi connectivity index (χ1v) is 3.57. The highest BCUT2D eigenvalue weighted by atomic mass is 16.4. The van der Waals surface area contributed by atoms with Crippen LogP contribution in [0.1, 0.15) is 20.3 Å². The standard InChI is InChI=1S/C4H10O2.C3H4O4/c1-3(5)4(2)6;4-2(5)1-3(6)7/h3-6H,1-2H3;1H2,(H,4,5)(H,6,7). The van der Waals surface area contributed by atoms with E-state index in [2.05, 4.69) is 0 Å². The molecule has 0 aromatic carbocycles. The lowest BCUT2D eigenvalue weighted by molar-refractivity contribution is -0.147. The molecule has 78 valence electrons. The van der Waals surface area contributed by atoms with Crippen LogP contribution in [0.2, 0.25) is 0 Å². The molecule has 0 saturated carbocycles. The van der Waals surface area contributed by atoms with Crippen LogP contribution in [-0.4, -0.2) is 44.6 Å². The third-order valence-electron chi connectivity index (χ3n) is 1.00. The van der Waals surface area contributed by atoms with Gasteiger partial charge < -0.3 is 20.4 Å². The Bertz CT molecular complexity index is 144. The largest absolute Gasteiger partial charge is 0.481 e. The average molecular weight is 194 g/mol. The highest BCUT2D eigenvalue weighted by Crippen LogP contribution is 1.85. The number of hydrogen-bond donors (Lipinski definition) is 4. The maximum atomic E-state index is 9.43. The summed E-state index contributed by atoms with van der Waals surface area (Å²) in [6.07, 6.45) is -1.99. The van der Waals surface area contributed by atoms with Gasteiger partial charge in [0, 0.05) is 0 Å². The number of hydrogen-bond acceptors (Lipinski definition) is 4. The van der Waals surface area contributed by atoms with E-state index in [0.29, 0.717) is 0 Å². The van der Waals surface area contributed by atoms with Crippen LogP contribution < -0.4 is 0 Å². The third-order valence-corrected chi connectivity index (χ3v) is 1.00. The van der Waals surface area contributed by atoms with Gasteiger partial charge in [-0.15, -0.1) is 0 Å². The molecule has 0 aromatic rings. The molecule has 0 aliphatic carbocycles. The number of carboxylic acid groups (broad SMARTS) is 2. The van der Waals surface area contributed by atoms with Crippen LogP contribution in [0.5, 0.6) is 0 Å². The Morgan fingerprint density at radius 3 is 1.23 bits per heavy atom. The molecule has 6 heteroatoms. The Morgan fingerprint density at radius 2 is 1.23 bits per heavy atom. The second-order valence-electron chi connectivity index (χ2n) is 2.45. The van der Waals surface area contributed by atoms with Crippen LogP contribution in [0.25, 0.3) is 0 Å². The number of rotatable bonds is 3. The molecule has 0 saturated heterocycles. The van der Waals surface area contributed by atoms with Crippen molar-refractivity contribution in [2.75, 3.05) is 0 Å². The molecule has 0 bridgehead atoms. The third kappa shape index (κ3) is 18.1. The molecule has 2 atom stereocenters. The molecule has 0 radical (unpaired) electrons. The molecule has 0 heterocycles. The number of aliphatic carboxylic acids is 2. The molecule has 0 rings (SSSR count). The lowest BCUT2D eigenvalue weighted by Crippen LogP contribution is -2.17. The van der Waals surface area contributed by atoms with E-state index in [1.807, 2.05) is 0 Å². The van der Waals surface area contributed by atoms with Gasteiger partial charge in [-0.2, -0.15) is 0 Å². The van der Waals surface area contributed by atoms with Gasteiger partial charge in [0.25, 0.3) is 0 Å². The van der Waals surface area contributed by atoms with Gasteiger partial charge in [0.2, 0.25) is 0 Å². The van der Waals surface area contributed by atoms with Crippen LogP contribution in [0.15, 0.2) is 0 Å². The second kappa shape index (κ2) is 7.51. The van der Waals surface area contributed by atoms with Crippen molar-refractivity contribution in [3.63, 3.8) is 0 Å². The lowest BCUT2D eigenvalue weighted by atomic mass is 10.3. The Morgan fingerprint density at radius 1 is 1.00 bits per heavy atom. The van der Waals surface area contributed by atoms with E-state index < -0.39 is 30.6 Å². The molecule has 0 spiro atoms. The molecule has 13 heavy (non-hydrogen) atoms. The summed E-state index contributed by atoms with van der Waals surface area (Å²) in [4.78, 5) is 18.9. The van der Waals surface area contributed by atoms with Gasteiger partial charge in [-0.05, 0) is 13.8 Å². The van der Waals surface area contributed by atoms with Crippen molar-refractivity contribution in [2.24, 2.45) is 0 Å². The van der Waals surface area contributed by atoms with Crippen LogP contribution in [-0.2, 0) is 9.59 Å². The molecule has 4 N–H and O–H groups in total. The van der Waals surface area contributed by atoms with E-state index in [0.717, 1.165) is 0 Å². The smallest absolute Gasteiger partial charge is 0.314 e. The zero-order valence-corrected chi connectivity index (χ0v) is 7.47. The van der Waals surface area contributed by atoms with Gasteiger partial charge in [-0.1, -0.05) is 0 Å². The second-order valence-corrected chi connectivity index (χ2v) is 2.45. The average Bonchev–Trinajstić information content (AvgIpc) is 1.84. The fourth-order valence-electron chi connectivity index (χ4n) is 0.129. The van der Waals surface area contributed by atoms with E-state index in [9.17, 15) is 9.59 Å². The summed E-state index contributed by atoms with van der Waals surface area (Å²) in [7, 11) is 0. The van der Waals surface area contributed by atoms with E-state index in [-0.39, 0.29) is 0 Å². The fourth-order valence-corrected chi connectivity index (χ4v) is 0.129. The monoisotopic (exact) mass is 194 g/mol. The summed E-state index contributed by atoms with van der Waals surface area (Å²) in [5, 5.41) is 32.2. The minimum absolute atomic E-state index is 0.593. The predicted molar refractivity (Wildman–Crippen MR) is 43.3 cm³/mol. The van der Waals surface area contributed by atoms with Crippen molar-refractivity contribution >= 4 is 11.9 Å². The van der Waals surface area contributed by atoms with Gasteiger partial charge >= 0.3 is 11.9 Å². The van der Waals surface area contributed by atoms with Gasteiger partial charge in [0.1, 0.15) is 6.42 Å². The van der Waals surface area contributed by atoms with Crippen molar-refractivity contribution in [1.82, 2.24) is 0 Å². The lowest BCUT2D eigenvalue weighted by Gasteiger charge is -2.03. The topological polar surface area (TPSA) is 115 Å². The molecular weight excluding hydrogens is 180 g/mol. The SMILES string of the molecule is CC(O)C(C)O.O=C(O)CC(=O)O. The molecule has 0 aliphatic rings. The van der Waals surface area contributed by atoms with Crippen molar-refractivity contribution < 1.29 is 30.0 Å². The zero-order chi connectivity index (χ0) is 11.0. The van der Waals surface area contributed by atoms with E-state index in [4.69, 9.17) is 20.4 Å². The summed E-state index contributed by atoms with van der Waals surface area (Å²) < 4.78 is 0. The van der Waals surface area contributed by atoms with E-state index in [1.165, 1.54) is 0 Å². The normalized spacial score (nSPS) is 13.5.